The van der Waals surface area contributed by atoms with Crippen molar-refractivity contribution in [2.75, 3.05) is 40.6 Å². The molecule has 27 heavy (non-hydrogen) atoms. The van der Waals surface area contributed by atoms with Gasteiger partial charge in [-0.3, -0.25) is 4.79 Å². The number of ether oxygens (including phenoxy) is 4. The van der Waals surface area contributed by atoms with Gasteiger partial charge < -0.3 is 24.3 Å². The molecule has 0 aliphatic heterocycles. The zero-order valence-corrected chi connectivity index (χ0v) is 15.4. The molecule has 2 rings (SSSR count). The minimum absolute atomic E-state index is 0.136. The van der Waals surface area contributed by atoms with Crippen LogP contribution in [-0.4, -0.2) is 52.5 Å². The van der Waals surface area contributed by atoms with Crippen LogP contribution < -0.4 is 14.8 Å². The number of amides is 1. The summed E-state index contributed by atoms with van der Waals surface area (Å²) < 4.78 is 20.5. The monoisotopic (exact) mass is 373 g/mol. The highest BCUT2D eigenvalue weighted by Gasteiger charge is 2.07. The maximum absolute atomic E-state index is 11.9. The van der Waals surface area contributed by atoms with Crippen LogP contribution in [0.3, 0.4) is 0 Å². The maximum Gasteiger partial charge on any atom is 0.338 e. The lowest BCUT2D eigenvalue weighted by atomic mass is 10.2. The van der Waals surface area contributed by atoms with E-state index >= 15 is 0 Å². The SMILES string of the molecule is COc1ccc(C(=O)NCCOCCOC(=O)c2ccc(OC)cc2)cc1. The van der Waals surface area contributed by atoms with Crippen molar-refractivity contribution in [3.05, 3.63) is 59.7 Å². The number of rotatable bonds is 10. The van der Waals surface area contributed by atoms with Crippen LogP contribution in [0.1, 0.15) is 20.7 Å². The van der Waals surface area contributed by atoms with Gasteiger partial charge in [-0.1, -0.05) is 0 Å². The van der Waals surface area contributed by atoms with Crippen molar-refractivity contribution in [1.29, 1.82) is 0 Å². The molecule has 2 aromatic rings. The molecule has 0 unspecified atom stereocenters. The number of carbonyl (C=O) groups excluding carboxylic acids is 2. The van der Waals surface area contributed by atoms with E-state index in [0.29, 0.717) is 35.8 Å². The third-order valence-corrected chi connectivity index (χ3v) is 3.67. The van der Waals surface area contributed by atoms with Crippen molar-refractivity contribution < 1.29 is 28.5 Å². The predicted octanol–water partition coefficient (Wildman–Crippen LogP) is 2.31. The number of benzene rings is 2. The highest BCUT2D eigenvalue weighted by Crippen LogP contribution is 2.12. The van der Waals surface area contributed by atoms with Gasteiger partial charge in [0.05, 0.1) is 33.0 Å². The van der Waals surface area contributed by atoms with Crippen molar-refractivity contribution in [1.82, 2.24) is 5.32 Å². The van der Waals surface area contributed by atoms with Gasteiger partial charge in [-0.05, 0) is 48.5 Å². The maximum atomic E-state index is 11.9. The van der Waals surface area contributed by atoms with E-state index in [1.165, 1.54) is 0 Å². The van der Waals surface area contributed by atoms with E-state index < -0.39 is 5.97 Å². The number of methoxy groups -OCH3 is 2. The molecule has 0 radical (unpaired) electrons. The molecule has 0 spiro atoms. The van der Waals surface area contributed by atoms with E-state index in [4.69, 9.17) is 18.9 Å². The van der Waals surface area contributed by atoms with Gasteiger partial charge in [0, 0.05) is 12.1 Å². The van der Waals surface area contributed by atoms with Crippen LogP contribution in [-0.2, 0) is 9.47 Å². The van der Waals surface area contributed by atoms with E-state index in [2.05, 4.69) is 5.32 Å². The summed E-state index contributed by atoms with van der Waals surface area (Å²) in [4.78, 5) is 23.8. The summed E-state index contributed by atoms with van der Waals surface area (Å²) in [5.41, 5.74) is 0.992. The van der Waals surface area contributed by atoms with Gasteiger partial charge in [0.15, 0.2) is 0 Å². The summed E-state index contributed by atoms with van der Waals surface area (Å²) in [6, 6.07) is 13.5. The molecule has 7 nitrogen and oxygen atoms in total. The summed E-state index contributed by atoms with van der Waals surface area (Å²) in [6.07, 6.45) is 0. The highest BCUT2D eigenvalue weighted by molar-refractivity contribution is 5.94. The van der Waals surface area contributed by atoms with Crippen LogP contribution in [0.2, 0.25) is 0 Å². The molecule has 0 aliphatic carbocycles. The second-order valence-corrected chi connectivity index (χ2v) is 5.46. The standard InChI is InChI=1S/C20H23NO6/c1-24-17-7-3-15(4-8-17)19(22)21-11-12-26-13-14-27-20(23)16-5-9-18(25-2)10-6-16/h3-10H,11-14H2,1-2H3,(H,21,22). The molecule has 0 aromatic heterocycles. The van der Waals surface area contributed by atoms with Crippen LogP contribution in [0.5, 0.6) is 11.5 Å². The van der Waals surface area contributed by atoms with Gasteiger partial charge in [0.2, 0.25) is 0 Å². The van der Waals surface area contributed by atoms with Gasteiger partial charge in [0.1, 0.15) is 18.1 Å². The molecule has 0 fully saturated rings. The first kappa shape index (κ1) is 20.3. The average molecular weight is 373 g/mol. The zero-order valence-electron chi connectivity index (χ0n) is 15.4. The van der Waals surface area contributed by atoms with Crippen LogP contribution in [0.15, 0.2) is 48.5 Å². The highest BCUT2D eigenvalue weighted by atomic mass is 16.6. The summed E-state index contributed by atoms with van der Waals surface area (Å²) in [6.45, 7) is 1.07. The number of hydrogen-bond acceptors (Lipinski definition) is 6. The molecular formula is C20H23NO6. The summed E-state index contributed by atoms with van der Waals surface area (Å²) in [7, 11) is 3.13. The van der Waals surface area contributed by atoms with Crippen molar-refractivity contribution in [2.24, 2.45) is 0 Å². The van der Waals surface area contributed by atoms with Gasteiger partial charge in [-0.2, -0.15) is 0 Å². The molecule has 1 amide bonds. The Morgan fingerprint density at radius 2 is 1.33 bits per heavy atom. The molecule has 0 aliphatic rings. The molecule has 0 heterocycles. The molecule has 0 saturated carbocycles. The van der Waals surface area contributed by atoms with E-state index in [9.17, 15) is 9.59 Å². The smallest absolute Gasteiger partial charge is 0.338 e. The summed E-state index contributed by atoms with van der Waals surface area (Å²) in [5, 5.41) is 2.75. The Morgan fingerprint density at radius 3 is 1.89 bits per heavy atom. The van der Waals surface area contributed by atoms with E-state index in [1.54, 1.807) is 62.8 Å². The summed E-state index contributed by atoms with van der Waals surface area (Å²) >= 11 is 0. The van der Waals surface area contributed by atoms with Gasteiger partial charge in [-0.15, -0.1) is 0 Å². The van der Waals surface area contributed by atoms with Crippen molar-refractivity contribution in [2.45, 2.75) is 0 Å². The molecule has 2 aromatic carbocycles. The number of hydrogen-bond donors (Lipinski definition) is 1. The number of esters is 1. The second-order valence-electron chi connectivity index (χ2n) is 5.46. The van der Waals surface area contributed by atoms with Crippen LogP contribution in [0, 0.1) is 0 Å². The average Bonchev–Trinajstić information content (AvgIpc) is 2.72. The number of nitrogens with one attached hydrogen (secondary N) is 1. The molecule has 0 atom stereocenters. The normalized spacial score (nSPS) is 10.1. The van der Waals surface area contributed by atoms with Crippen molar-refractivity contribution >= 4 is 11.9 Å². The van der Waals surface area contributed by atoms with Gasteiger partial charge >= 0.3 is 5.97 Å². The number of carbonyl (C=O) groups is 2. The van der Waals surface area contributed by atoms with E-state index in [1.807, 2.05) is 0 Å². The van der Waals surface area contributed by atoms with Crippen molar-refractivity contribution in [3.63, 3.8) is 0 Å². The zero-order chi connectivity index (χ0) is 19.5. The molecule has 0 saturated heterocycles. The second kappa shape index (κ2) is 10.8. The Bertz CT molecular complexity index is 664. The third-order valence-electron chi connectivity index (χ3n) is 3.67. The Hall–Kier alpha value is -3.06. The first-order valence-electron chi connectivity index (χ1n) is 8.45. The first-order chi connectivity index (χ1) is 13.1. The van der Waals surface area contributed by atoms with Crippen molar-refractivity contribution in [3.8, 4) is 11.5 Å². The largest absolute Gasteiger partial charge is 0.497 e. The van der Waals surface area contributed by atoms with Crippen LogP contribution in [0.4, 0.5) is 0 Å². The third kappa shape index (κ3) is 6.63. The minimum Gasteiger partial charge on any atom is -0.497 e. The summed E-state index contributed by atoms with van der Waals surface area (Å²) in [5.74, 6) is 0.756. The predicted molar refractivity (Wildman–Crippen MR) is 99.4 cm³/mol. The quantitative estimate of drug-likeness (QED) is 0.508. The fourth-order valence-corrected chi connectivity index (χ4v) is 2.19. The lowest BCUT2D eigenvalue weighted by molar-refractivity contribution is 0.0322. The van der Waals surface area contributed by atoms with Crippen LogP contribution >= 0.6 is 0 Å². The molecule has 7 heteroatoms. The van der Waals surface area contributed by atoms with E-state index in [0.717, 1.165) is 0 Å². The molecule has 144 valence electrons. The Labute approximate surface area is 158 Å². The molecule has 0 bridgehead atoms. The van der Waals surface area contributed by atoms with Gasteiger partial charge in [0.25, 0.3) is 5.91 Å². The topological polar surface area (TPSA) is 83.1 Å². The Balaban J connectivity index is 1.57. The lowest BCUT2D eigenvalue weighted by Crippen LogP contribution is -2.27. The van der Waals surface area contributed by atoms with Crippen LogP contribution in [0.25, 0.3) is 0 Å². The van der Waals surface area contributed by atoms with Gasteiger partial charge in [-0.25, -0.2) is 4.79 Å². The Kier molecular flexibility index (Phi) is 8.12. The lowest BCUT2D eigenvalue weighted by Gasteiger charge is -2.08. The molecule has 1 N–H and O–H groups in total. The minimum atomic E-state index is -0.422. The Morgan fingerprint density at radius 1 is 0.778 bits per heavy atom. The van der Waals surface area contributed by atoms with E-state index in [-0.39, 0.29) is 19.1 Å². The fraction of sp³-hybridized carbons (Fsp3) is 0.300. The first-order valence-corrected chi connectivity index (χ1v) is 8.45. The molecular weight excluding hydrogens is 350 g/mol. The fourth-order valence-electron chi connectivity index (χ4n) is 2.19.